The van der Waals surface area contributed by atoms with Crippen LogP contribution in [0.5, 0.6) is 0 Å². The Morgan fingerprint density at radius 1 is 1.10 bits per heavy atom. The van der Waals surface area contributed by atoms with E-state index in [1.165, 1.54) is 19.3 Å². The highest BCUT2D eigenvalue weighted by Gasteiger charge is 2.15. The van der Waals surface area contributed by atoms with Crippen molar-refractivity contribution in [1.29, 1.82) is 0 Å². The van der Waals surface area contributed by atoms with Gasteiger partial charge in [0.2, 0.25) is 5.95 Å². The van der Waals surface area contributed by atoms with E-state index < -0.39 is 0 Å². The average Bonchev–Trinajstić information content (AvgIpc) is 2.51. The summed E-state index contributed by atoms with van der Waals surface area (Å²) in [7, 11) is 0. The van der Waals surface area contributed by atoms with Crippen LogP contribution in [-0.4, -0.2) is 23.1 Å². The minimum absolute atomic E-state index is 0.614. The number of rotatable bonds is 2. The van der Waals surface area contributed by atoms with Crippen molar-refractivity contribution in [1.82, 2.24) is 9.97 Å². The molecule has 2 aromatic rings. The minimum atomic E-state index is 0.614. The summed E-state index contributed by atoms with van der Waals surface area (Å²) in [6.07, 6.45) is 3.75. The van der Waals surface area contributed by atoms with E-state index in [0.717, 1.165) is 34.8 Å². The molecular formula is C15H16BrN3S. The second kappa shape index (κ2) is 6.06. The number of nitrogens with zero attached hydrogens (tertiary/aromatic N) is 2. The zero-order chi connectivity index (χ0) is 13.9. The summed E-state index contributed by atoms with van der Waals surface area (Å²) in [6.45, 7) is 2.10. The summed E-state index contributed by atoms with van der Waals surface area (Å²) < 4.78 is 1.47. The SMILES string of the molecule is S=c1nc(N2CCCCC2)[nH]c(-c2ccccc2)c1Br. The van der Waals surface area contributed by atoms with Crippen LogP contribution in [0.15, 0.2) is 34.8 Å². The molecule has 3 nitrogen and oxygen atoms in total. The maximum Gasteiger partial charge on any atom is 0.204 e. The molecule has 5 heteroatoms. The second-order valence-corrected chi connectivity index (χ2v) is 6.15. The molecule has 0 saturated carbocycles. The molecule has 1 aromatic heterocycles. The van der Waals surface area contributed by atoms with Crippen LogP contribution in [0.3, 0.4) is 0 Å². The predicted octanol–water partition coefficient (Wildman–Crippen LogP) is 4.56. The van der Waals surface area contributed by atoms with E-state index in [1.54, 1.807) is 0 Å². The number of halogens is 1. The normalized spacial score (nSPS) is 15.3. The molecule has 1 saturated heterocycles. The smallest absolute Gasteiger partial charge is 0.204 e. The average molecular weight is 350 g/mol. The van der Waals surface area contributed by atoms with E-state index in [0.29, 0.717) is 4.64 Å². The van der Waals surface area contributed by atoms with Crippen molar-refractivity contribution >= 4 is 34.1 Å². The number of aromatic amines is 1. The standard InChI is InChI=1S/C15H16BrN3S/c16-12-13(11-7-3-1-4-8-11)17-15(18-14(12)20)19-9-5-2-6-10-19/h1,3-4,7-8H,2,5-6,9-10H2,(H,17,18,20). The third-order valence-electron chi connectivity index (χ3n) is 3.57. The number of aromatic nitrogens is 2. The molecule has 104 valence electrons. The first kappa shape index (κ1) is 13.8. The van der Waals surface area contributed by atoms with Crippen LogP contribution in [-0.2, 0) is 0 Å². The molecule has 0 bridgehead atoms. The first-order chi connectivity index (χ1) is 9.75. The van der Waals surface area contributed by atoms with Crippen molar-refractivity contribution in [2.45, 2.75) is 19.3 Å². The van der Waals surface area contributed by atoms with Crippen molar-refractivity contribution in [2.24, 2.45) is 0 Å². The third-order valence-corrected chi connectivity index (χ3v) is 4.90. The minimum Gasteiger partial charge on any atom is -0.342 e. The zero-order valence-corrected chi connectivity index (χ0v) is 13.5. The van der Waals surface area contributed by atoms with Gasteiger partial charge < -0.3 is 9.88 Å². The highest BCUT2D eigenvalue weighted by atomic mass is 79.9. The lowest BCUT2D eigenvalue weighted by Crippen LogP contribution is -2.31. The summed E-state index contributed by atoms with van der Waals surface area (Å²) >= 11 is 8.95. The third kappa shape index (κ3) is 2.79. The number of H-pyrrole nitrogens is 1. The molecule has 0 aliphatic carbocycles. The van der Waals surface area contributed by atoms with Crippen LogP contribution in [0.25, 0.3) is 11.3 Å². The molecule has 0 radical (unpaired) electrons. The Bertz CT molecular complexity index is 648. The number of benzene rings is 1. The fraction of sp³-hybridized carbons (Fsp3) is 0.333. The van der Waals surface area contributed by atoms with Crippen LogP contribution in [0, 0.1) is 4.64 Å². The van der Waals surface area contributed by atoms with Gasteiger partial charge in [0, 0.05) is 13.1 Å². The predicted molar refractivity (Wildman–Crippen MR) is 88.6 cm³/mol. The van der Waals surface area contributed by atoms with Gasteiger partial charge >= 0.3 is 0 Å². The molecular weight excluding hydrogens is 334 g/mol. The molecule has 1 fully saturated rings. The van der Waals surface area contributed by atoms with E-state index in [2.05, 4.69) is 42.9 Å². The second-order valence-electron chi connectivity index (χ2n) is 4.97. The molecule has 20 heavy (non-hydrogen) atoms. The molecule has 0 spiro atoms. The first-order valence-electron chi connectivity index (χ1n) is 6.86. The van der Waals surface area contributed by atoms with Gasteiger partial charge in [0.15, 0.2) is 0 Å². The molecule has 1 aliphatic rings. The molecule has 3 rings (SSSR count). The largest absolute Gasteiger partial charge is 0.342 e. The highest BCUT2D eigenvalue weighted by molar-refractivity contribution is 9.10. The molecule has 1 N–H and O–H groups in total. The van der Waals surface area contributed by atoms with Gasteiger partial charge in [-0.1, -0.05) is 42.5 Å². The lowest BCUT2D eigenvalue weighted by molar-refractivity contribution is 0.568. The van der Waals surface area contributed by atoms with Crippen molar-refractivity contribution in [3.8, 4) is 11.3 Å². The molecule has 0 atom stereocenters. The molecule has 0 unspecified atom stereocenters. The van der Waals surface area contributed by atoms with Gasteiger partial charge in [-0.2, -0.15) is 0 Å². The van der Waals surface area contributed by atoms with Gasteiger partial charge in [-0.25, -0.2) is 4.98 Å². The highest BCUT2D eigenvalue weighted by Crippen LogP contribution is 2.29. The Morgan fingerprint density at radius 3 is 2.50 bits per heavy atom. The number of anilines is 1. The number of hydrogen-bond donors (Lipinski definition) is 1. The van der Waals surface area contributed by atoms with E-state index in [1.807, 2.05) is 18.2 Å². The fourth-order valence-corrected chi connectivity index (χ4v) is 3.11. The Morgan fingerprint density at radius 2 is 1.80 bits per heavy atom. The summed E-state index contributed by atoms with van der Waals surface area (Å²) in [4.78, 5) is 10.3. The van der Waals surface area contributed by atoms with Gasteiger partial charge in [-0.3, -0.25) is 0 Å². The molecule has 0 amide bonds. The quantitative estimate of drug-likeness (QED) is 0.806. The van der Waals surface area contributed by atoms with Crippen molar-refractivity contribution in [3.05, 3.63) is 39.4 Å². The number of hydrogen-bond acceptors (Lipinski definition) is 3. The van der Waals surface area contributed by atoms with Crippen LogP contribution in [0.4, 0.5) is 5.95 Å². The van der Waals surface area contributed by atoms with Crippen LogP contribution < -0.4 is 4.90 Å². The summed E-state index contributed by atoms with van der Waals surface area (Å²) in [5.41, 5.74) is 2.12. The van der Waals surface area contributed by atoms with Crippen molar-refractivity contribution in [2.75, 3.05) is 18.0 Å². The van der Waals surface area contributed by atoms with Crippen LogP contribution >= 0.6 is 28.1 Å². The number of piperidine rings is 1. The summed E-state index contributed by atoms with van der Waals surface area (Å²) in [5.74, 6) is 0.886. The van der Waals surface area contributed by atoms with E-state index in [4.69, 9.17) is 12.2 Å². The zero-order valence-electron chi connectivity index (χ0n) is 11.1. The van der Waals surface area contributed by atoms with E-state index in [9.17, 15) is 0 Å². The Kier molecular flexibility index (Phi) is 4.17. The molecule has 2 heterocycles. The van der Waals surface area contributed by atoms with Crippen molar-refractivity contribution in [3.63, 3.8) is 0 Å². The van der Waals surface area contributed by atoms with Gasteiger partial charge in [0.25, 0.3) is 0 Å². The Balaban J connectivity index is 2.06. The van der Waals surface area contributed by atoms with Crippen LogP contribution in [0.2, 0.25) is 0 Å². The maximum atomic E-state index is 5.39. The van der Waals surface area contributed by atoms with Gasteiger partial charge in [0.1, 0.15) is 4.64 Å². The lowest BCUT2D eigenvalue weighted by Gasteiger charge is -2.27. The summed E-state index contributed by atoms with van der Waals surface area (Å²) in [5, 5.41) is 0. The Hall–Kier alpha value is -1.20. The number of nitrogens with one attached hydrogen (secondary N) is 1. The summed E-state index contributed by atoms with van der Waals surface area (Å²) in [6, 6.07) is 10.2. The Labute approximate surface area is 132 Å². The van der Waals surface area contributed by atoms with Gasteiger partial charge in [-0.15, -0.1) is 0 Å². The molecule has 1 aromatic carbocycles. The molecule has 1 aliphatic heterocycles. The van der Waals surface area contributed by atoms with Gasteiger partial charge in [-0.05, 0) is 40.8 Å². The van der Waals surface area contributed by atoms with Gasteiger partial charge in [0.05, 0.1) is 10.2 Å². The first-order valence-corrected chi connectivity index (χ1v) is 8.06. The fourth-order valence-electron chi connectivity index (χ4n) is 2.51. The van der Waals surface area contributed by atoms with E-state index in [-0.39, 0.29) is 0 Å². The van der Waals surface area contributed by atoms with E-state index >= 15 is 0 Å². The maximum absolute atomic E-state index is 5.39. The van der Waals surface area contributed by atoms with Crippen molar-refractivity contribution < 1.29 is 0 Å². The monoisotopic (exact) mass is 349 g/mol. The van der Waals surface area contributed by atoms with Crippen LogP contribution in [0.1, 0.15) is 19.3 Å². The topological polar surface area (TPSA) is 31.9 Å². The lowest BCUT2D eigenvalue weighted by atomic mass is 10.1.